The van der Waals surface area contributed by atoms with Crippen molar-refractivity contribution in [1.29, 1.82) is 0 Å². The van der Waals surface area contributed by atoms with Gasteiger partial charge in [0.05, 0.1) is 0 Å². The van der Waals surface area contributed by atoms with Crippen LogP contribution in [-0.4, -0.2) is 0 Å². The van der Waals surface area contributed by atoms with Crippen molar-refractivity contribution in [3.05, 3.63) is 34.3 Å². The Morgan fingerprint density at radius 2 is 2.20 bits per heavy atom. The van der Waals surface area contributed by atoms with E-state index in [0.29, 0.717) is 0 Å². The molecule has 0 fully saturated rings. The van der Waals surface area contributed by atoms with E-state index in [9.17, 15) is 5.11 Å². The molecule has 53 valence electrons. The fraction of sp³-hybridized carbons (Fsp3) is 0.250. The number of hydrogen-bond acceptors (Lipinski definition) is 0. The third kappa shape index (κ3) is 1.49. The summed E-state index contributed by atoms with van der Waals surface area (Å²) < 4.78 is 0. The van der Waals surface area contributed by atoms with Crippen LogP contribution in [0.1, 0.15) is 11.1 Å². The Hall–Kier alpha value is -0.530. The molecular weight excluding hydrogens is 148 g/mol. The van der Waals surface area contributed by atoms with Crippen molar-refractivity contribution in [2.75, 3.05) is 0 Å². The molecule has 0 aliphatic carbocycles. The molecule has 0 aliphatic rings. The minimum absolute atomic E-state index is 0.169. The van der Waals surface area contributed by atoms with E-state index in [4.69, 9.17) is 11.6 Å². The van der Waals surface area contributed by atoms with Gasteiger partial charge in [-0.15, -0.1) is 0 Å². The molecule has 1 aromatic rings. The highest BCUT2D eigenvalue weighted by Gasteiger charge is 1.95. The largest absolute Gasteiger partial charge is 0.232 e. The molecule has 0 aromatic heterocycles. The normalized spacial score (nSPS) is 9.90. The molecule has 0 atom stereocenters. The van der Waals surface area contributed by atoms with Crippen LogP contribution < -0.4 is 0 Å². The predicted octanol–water partition coefficient (Wildman–Crippen LogP) is 2.58. The molecular formula is C8H8ClO. The summed E-state index contributed by atoms with van der Waals surface area (Å²) in [5.74, 6) is 0. The Morgan fingerprint density at radius 1 is 1.50 bits per heavy atom. The minimum atomic E-state index is -0.169. The van der Waals surface area contributed by atoms with Gasteiger partial charge < -0.3 is 0 Å². The third-order valence-electron chi connectivity index (χ3n) is 1.39. The first kappa shape index (κ1) is 7.58. The molecule has 1 nitrogen and oxygen atoms in total. The zero-order valence-electron chi connectivity index (χ0n) is 5.73. The van der Waals surface area contributed by atoms with Crippen LogP contribution in [0.2, 0.25) is 5.02 Å². The van der Waals surface area contributed by atoms with Gasteiger partial charge >= 0.3 is 0 Å². The van der Waals surface area contributed by atoms with Gasteiger partial charge in [0.25, 0.3) is 0 Å². The zero-order chi connectivity index (χ0) is 7.56. The van der Waals surface area contributed by atoms with E-state index < -0.39 is 0 Å². The van der Waals surface area contributed by atoms with E-state index in [1.165, 1.54) is 0 Å². The lowest BCUT2D eigenvalue weighted by Gasteiger charge is -1.98. The highest BCUT2D eigenvalue weighted by molar-refractivity contribution is 6.31. The number of benzene rings is 1. The number of aryl methyl sites for hydroxylation is 1. The van der Waals surface area contributed by atoms with Crippen molar-refractivity contribution in [2.45, 2.75) is 13.5 Å². The van der Waals surface area contributed by atoms with Gasteiger partial charge in [0, 0.05) is 5.02 Å². The molecule has 1 radical (unpaired) electrons. The van der Waals surface area contributed by atoms with Crippen molar-refractivity contribution in [3.63, 3.8) is 0 Å². The lowest BCUT2D eigenvalue weighted by molar-refractivity contribution is 0.177. The highest BCUT2D eigenvalue weighted by Crippen LogP contribution is 2.15. The number of halogens is 1. The first-order valence-electron chi connectivity index (χ1n) is 3.07. The molecule has 2 heteroatoms. The SMILES string of the molecule is Cc1cc(C[O])ccc1Cl. The smallest absolute Gasteiger partial charge is 0.107 e. The average Bonchev–Trinajstić information content (AvgIpc) is 1.95. The topological polar surface area (TPSA) is 19.9 Å². The van der Waals surface area contributed by atoms with Crippen LogP contribution in [0.3, 0.4) is 0 Å². The fourth-order valence-electron chi connectivity index (χ4n) is 0.797. The van der Waals surface area contributed by atoms with Gasteiger partial charge in [-0.05, 0) is 24.1 Å². The second-order valence-corrected chi connectivity index (χ2v) is 2.64. The van der Waals surface area contributed by atoms with Gasteiger partial charge in [-0.3, -0.25) is 0 Å². The molecule has 0 aliphatic heterocycles. The summed E-state index contributed by atoms with van der Waals surface area (Å²) in [6.45, 7) is 1.72. The molecule has 1 rings (SSSR count). The van der Waals surface area contributed by atoms with Gasteiger partial charge in [0.2, 0.25) is 0 Å². The molecule has 0 spiro atoms. The Bertz CT molecular complexity index is 233. The number of rotatable bonds is 1. The summed E-state index contributed by atoms with van der Waals surface area (Å²) in [6, 6.07) is 5.32. The number of hydrogen-bond donors (Lipinski definition) is 0. The first-order valence-corrected chi connectivity index (χ1v) is 3.45. The van der Waals surface area contributed by atoms with Gasteiger partial charge in [-0.2, -0.15) is 0 Å². The van der Waals surface area contributed by atoms with Crippen molar-refractivity contribution in [3.8, 4) is 0 Å². The summed E-state index contributed by atoms with van der Waals surface area (Å²) in [4.78, 5) is 0. The third-order valence-corrected chi connectivity index (χ3v) is 1.81. The second kappa shape index (κ2) is 3.04. The Balaban J connectivity index is 3.04. The summed E-state index contributed by atoms with van der Waals surface area (Å²) in [5.41, 5.74) is 1.76. The maximum atomic E-state index is 10.4. The van der Waals surface area contributed by atoms with E-state index in [-0.39, 0.29) is 6.61 Å². The summed E-state index contributed by atoms with van der Waals surface area (Å²) in [6.07, 6.45) is 0. The zero-order valence-corrected chi connectivity index (χ0v) is 6.48. The molecule has 0 N–H and O–H groups in total. The molecule has 0 amide bonds. The van der Waals surface area contributed by atoms with E-state index >= 15 is 0 Å². The van der Waals surface area contributed by atoms with Gasteiger partial charge in [0.15, 0.2) is 0 Å². The second-order valence-electron chi connectivity index (χ2n) is 2.23. The fourth-order valence-corrected chi connectivity index (χ4v) is 0.914. The van der Waals surface area contributed by atoms with Crippen LogP contribution in [-0.2, 0) is 11.7 Å². The quantitative estimate of drug-likeness (QED) is 0.594. The van der Waals surface area contributed by atoms with Gasteiger partial charge in [0.1, 0.15) is 6.61 Å². The average molecular weight is 156 g/mol. The molecule has 0 saturated carbocycles. The van der Waals surface area contributed by atoms with Crippen molar-refractivity contribution in [2.24, 2.45) is 0 Å². The van der Waals surface area contributed by atoms with Crippen LogP contribution in [0.15, 0.2) is 18.2 Å². The Morgan fingerprint density at radius 3 is 2.70 bits per heavy atom. The standard InChI is InChI=1S/C8H8ClO/c1-6-4-7(5-10)2-3-8(6)9/h2-4H,5H2,1H3. The lowest BCUT2D eigenvalue weighted by atomic mass is 10.1. The van der Waals surface area contributed by atoms with E-state index in [0.717, 1.165) is 16.1 Å². The maximum Gasteiger partial charge on any atom is 0.107 e. The Labute approximate surface area is 65.3 Å². The van der Waals surface area contributed by atoms with Gasteiger partial charge in [-0.1, -0.05) is 23.7 Å². The maximum absolute atomic E-state index is 10.4. The van der Waals surface area contributed by atoms with E-state index in [2.05, 4.69) is 0 Å². The predicted molar refractivity (Wildman–Crippen MR) is 40.6 cm³/mol. The van der Waals surface area contributed by atoms with Crippen molar-refractivity contribution >= 4 is 11.6 Å². The molecule has 0 saturated heterocycles. The molecule has 0 heterocycles. The first-order chi connectivity index (χ1) is 4.74. The van der Waals surface area contributed by atoms with Crippen molar-refractivity contribution in [1.82, 2.24) is 0 Å². The molecule has 1 aromatic carbocycles. The van der Waals surface area contributed by atoms with Crippen LogP contribution in [0.5, 0.6) is 0 Å². The summed E-state index contributed by atoms with van der Waals surface area (Å²) in [5, 5.41) is 11.1. The van der Waals surface area contributed by atoms with Crippen molar-refractivity contribution < 1.29 is 5.11 Å². The van der Waals surface area contributed by atoms with Crippen LogP contribution >= 0.6 is 11.6 Å². The molecule has 0 bridgehead atoms. The van der Waals surface area contributed by atoms with E-state index in [1.807, 2.05) is 13.0 Å². The molecule has 0 unspecified atom stereocenters. The molecule has 10 heavy (non-hydrogen) atoms. The summed E-state index contributed by atoms with van der Waals surface area (Å²) >= 11 is 5.74. The van der Waals surface area contributed by atoms with Crippen LogP contribution in [0.4, 0.5) is 0 Å². The van der Waals surface area contributed by atoms with Crippen LogP contribution in [0.25, 0.3) is 0 Å². The van der Waals surface area contributed by atoms with Gasteiger partial charge in [-0.25, -0.2) is 5.11 Å². The monoisotopic (exact) mass is 155 g/mol. The minimum Gasteiger partial charge on any atom is -0.232 e. The Kier molecular flexibility index (Phi) is 2.30. The van der Waals surface area contributed by atoms with Crippen LogP contribution in [0, 0.1) is 6.92 Å². The summed E-state index contributed by atoms with van der Waals surface area (Å²) in [7, 11) is 0. The highest BCUT2D eigenvalue weighted by atomic mass is 35.5. The van der Waals surface area contributed by atoms with E-state index in [1.54, 1.807) is 12.1 Å². The lowest BCUT2D eigenvalue weighted by Crippen LogP contribution is -1.82.